The summed E-state index contributed by atoms with van der Waals surface area (Å²) in [5.41, 5.74) is 2.87. The maximum atomic E-state index is 12.2. The molecule has 4 heteroatoms. The number of nitrogens with one attached hydrogen (secondary N) is 1. The molecule has 0 fully saturated rings. The number of hydrogen-bond donors (Lipinski definition) is 1. The zero-order chi connectivity index (χ0) is 15.2. The lowest BCUT2D eigenvalue weighted by molar-refractivity contribution is -0.144. The number of carbonyl (C=O) groups excluding carboxylic acids is 1. The van der Waals surface area contributed by atoms with Gasteiger partial charge in [0.15, 0.2) is 6.04 Å². The zero-order valence-corrected chi connectivity index (χ0v) is 13.7. The molecule has 0 aromatic heterocycles. The minimum absolute atomic E-state index is 0.272. The zero-order valence-electron chi connectivity index (χ0n) is 12.1. The maximum Gasteiger partial charge on any atom is 0.333 e. The molecule has 0 radical (unpaired) electrons. The van der Waals surface area contributed by atoms with Crippen molar-refractivity contribution in [1.29, 1.82) is 0 Å². The Hall–Kier alpha value is -1.81. The number of carbonyl (C=O) groups is 1. The molecule has 3 nitrogen and oxygen atoms in total. The Balaban J connectivity index is 2.30. The van der Waals surface area contributed by atoms with Crippen LogP contribution in [0.3, 0.4) is 0 Å². The second-order valence-electron chi connectivity index (χ2n) is 4.70. The van der Waals surface area contributed by atoms with Crippen LogP contribution in [0.4, 0.5) is 5.69 Å². The SMILES string of the molecule is CCOC(=O)C(Nc1ccc(Br)cc1C)c1ccccc1. The highest BCUT2D eigenvalue weighted by atomic mass is 79.9. The molecular weight excluding hydrogens is 330 g/mol. The predicted molar refractivity (Wildman–Crippen MR) is 88.3 cm³/mol. The average Bonchev–Trinajstić information content (AvgIpc) is 2.47. The minimum atomic E-state index is -0.508. The molecule has 2 aromatic carbocycles. The molecule has 0 aliphatic rings. The van der Waals surface area contributed by atoms with E-state index in [2.05, 4.69) is 21.2 Å². The van der Waals surface area contributed by atoms with Gasteiger partial charge in [0.1, 0.15) is 0 Å². The van der Waals surface area contributed by atoms with E-state index < -0.39 is 6.04 Å². The molecule has 0 aliphatic heterocycles. The van der Waals surface area contributed by atoms with Gasteiger partial charge in [-0.25, -0.2) is 4.79 Å². The first-order valence-electron chi connectivity index (χ1n) is 6.86. The first-order valence-corrected chi connectivity index (χ1v) is 7.65. The maximum absolute atomic E-state index is 12.2. The van der Waals surface area contributed by atoms with Gasteiger partial charge in [0.05, 0.1) is 6.61 Å². The van der Waals surface area contributed by atoms with Crippen molar-refractivity contribution in [2.24, 2.45) is 0 Å². The van der Waals surface area contributed by atoms with Crippen LogP contribution in [0, 0.1) is 6.92 Å². The molecule has 110 valence electrons. The van der Waals surface area contributed by atoms with Crippen LogP contribution in [0.5, 0.6) is 0 Å². The summed E-state index contributed by atoms with van der Waals surface area (Å²) in [6.45, 7) is 4.17. The van der Waals surface area contributed by atoms with E-state index in [1.165, 1.54) is 0 Å². The van der Waals surface area contributed by atoms with Gasteiger partial charge in [-0.15, -0.1) is 0 Å². The number of anilines is 1. The van der Waals surface area contributed by atoms with Crippen molar-refractivity contribution < 1.29 is 9.53 Å². The van der Waals surface area contributed by atoms with Crippen LogP contribution >= 0.6 is 15.9 Å². The number of ether oxygens (including phenoxy) is 1. The Morgan fingerprint density at radius 1 is 1.24 bits per heavy atom. The van der Waals surface area contributed by atoms with E-state index in [9.17, 15) is 4.79 Å². The summed E-state index contributed by atoms with van der Waals surface area (Å²) in [6.07, 6.45) is 0. The molecule has 0 saturated heterocycles. The van der Waals surface area contributed by atoms with E-state index in [1.807, 2.05) is 62.4 Å². The normalized spacial score (nSPS) is 11.8. The van der Waals surface area contributed by atoms with Gasteiger partial charge in [-0.3, -0.25) is 0 Å². The van der Waals surface area contributed by atoms with E-state index in [-0.39, 0.29) is 5.97 Å². The second-order valence-corrected chi connectivity index (χ2v) is 5.62. The molecule has 0 saturated carbocycles. The highest BCUT2D eigenvalue weighted by Gasteiger charge is 2.22. The van der Waals surface area contributed by atoms with E-state index in [0.29, 0.717) is 6.61 Å². The number of esters is 1. The number of hydrogen-bond acceptors (Lipinski definition) is 3. The van der Waals surface area contributed by atoms with Crippen molar-refractivity contribution in [2.45, 2.75) is 19.9 Å². The van der Waals surface area contributed by atoms with E-state index in [0.717, 1.165) is 21.3 Å². The van der Waals surface area contributed by atoms with E-state index in [1.54, 1.807) is 0 Å². The third-order valence-electron chi connectivity index (χ3n) is 3.14. The first kappa shape index (κ1) is 15.6. The topological polar surface area (TPSA) is 38.3 Å². The smallest absolute Gasteiger partial charge is 0.333 e. The monoisotopic (exact) mass is 347 g/mol. The Morgan fingerprint density at radius 3 is 2.57 bits per heavy atom. The summed E-state index contributed by atoms with van der Waals surface area (Å²) in [7, 11) is 0. The highest BCUT2D eigenvalue weighted by molar-refractivity contribution is 9.10. The van der Waals surface area contributed by atoms with Crippen LogP contribution in [-0.2, 0) is 9.53 Å². The highest BCUT2D eigenvalue weighted by Crippen LogP contribution is 2.25. The summed E-state index contributed by atoms with van der Waals surface area (Å²) < 4.78 is 6.20. The van der Waals surface area contributed by atoms with Gasteiger partial charge in [-0.1, -0.05) is 46.3 Å². The summed E-state index contributed by atoms with van der Waals surface area (Å²) in [4.78, 5) is 12.2. The third-order valence-corrected chi connectivity index (χ3v) is 3.64. The minimum Gasteiger partial charge on any atom is -0.464 e. The number of aryl methyl sites for hydroxylation is 1. The van der Waals surface area contributed by atoms with Crippen LogP contribution in [0.15, 0.2) is 53.0 Å². The van der Waals surface area contributed by atoms with Crippen molar-refractivity contribution in [3.05, 3.63) is 64.1 Å². The molecule has 0 heterocycles. The van der Waals surface area contributed by atoms with Gasteiger partial charge in [-0.05, 0) is 43.2 Å². The lowest BCUT2D eigenvalue weighted by Gasteiger charge is -2.20. The Labute approximate surface area is 133 Å². The fraction of sp³-hybridized carbons (Fsp3) is 0.235. The molecule has 2 aromatic rings. The van der Waals surface area contributed by atoms with Crippen LogP contribution in [0.25, 0.3) is 0 Å². The van der Waals surface area contributed by atoms with Crippen LogP contribution in [0.1, 0.15) is 24.1 Å². The number of rotatable bonds is 5. The van der Waals surface area contributed by atoms with Crippen molar-refractivity contribution in [3.63, 3.8) is 0 Å². The summed E-state index contributed by atoms with van der Waals surface area (Å²) in [5, 5.41) is 3.28. The predicted octanol–water partition coefficient (Wildman–Crippen LogP) is 4.47. The van der Waals surface area contributed by atoms with Crippen LogP contribution in [0.2, 0.25) is 0 Å². The molecule has 0 aliphatic carbocycles. The van der Waals surface area contributed by atoms with E-state index in [4.69, 9.17) is 4.74 Å². The van der Waals surface area contributed by atoms with Gasteiger partial charge in [0.25, 0.3) is 0 Å². The summed E-state index contributed by atoms with van der Waals surface area (Å²) in [5.74, 6) is -0.272. The van der Waals surface area contributed by atoms with Gasteiger partial charge >= 0.3 is 5.97 Å². The number of benzene rings is 2. The molecule has 1 unspecified atom stereocenters. The van der Waals surface area contributed by atoms with Gasteiger partial charge in [0.2, 0.25) is 0 Å². The average molecular weight is 348 g/mol. The van der Waals surface area contributed by atoms with Crippen molar-refractivity contribution in [1.82, 2.24) is 0 Å². The first-order chi connectivity index (χ1) is 10.1. The Morgan fingerprint density at radius 2 is 1.95 bits per heavy atom. The Kier molecular flexibility index (Phi) is 5.39. The quantitative estimate of drug-likeness (QED) is 0.810. The van der Waals surface area contributed by atoms with Crippen molar-refractivity contribution in [2.75, 3.05) is 11.9 Å². The van der Waals surface area contributed by atoms with Crippen LogP contribution in [-0.4, -0.2) is 12.6 Å². The molecule has 1 atom stereocenters. The summed E-state index contributed by atoms with van der Waals surface area (Å²) in [6, 6.07) is 15.0. The molecule has 1 N–H and O–H groups in total. The molecule has 2 rings (SSSR count). The molecule has 21 heavy (non-hydrogen) atoms. The molecule has 0 bridgehead atoms. The van der Waals surface area contributed by atoms with Gasteiger partial charge in [-0.2, -0.15) is 0 Å². The van der Waals surface area contributed by atoms with Crippen molar-refractivity contribution >= 4 is 27.6 Å². The molecular formula is C17H18BrNO2. The van der Waals surface area contributed by atoms with Gasteiger partial charge in [0, 0.05) is 10.2 Å². The lowest BCUT2D eigenvalue weighted by atomic mass is 10.1. The largest absolute Gasteiger partial charge is 0.464 e. The fourth-order valence-electron chi connectivity index (χ4n) is 2.09. The van der Waals surface area contributed by atoms with Crippen molar-refractivity contribution in [3.8, 4) is 0 Å². The Bertz CT molecular complexity index is 613. The third kappa shape index (κ3) is 4.08. The second kappa shape index (κ2) is 7.27. The van der Waals surface area contributed by atoms with Gasteiger partial charge < -0.3 is 10.1 Å². The summed E-state index contributed by atoms with van der Waals surface area (Å²) >= 11 is 3.44. The number of halogens is 1. The molecule has 0 spiro atoms. The van der Waals surface area contributed by atoms with Crippen LogP contribution < -0.4 is 5.32 Å². The lowest BCUT2D eigenvalue weighted by Crippen LogP contribution is -2.23. The fourth-order valence-corrected chi connectivity index (χ4v) is 2.57. The molecule has 0 amide bonds. The standard InChI is InChI=1S/C17H18BrNO2/c1-3-21-17(20)16(13-7-5-4-6-8-13)19-15-10-9-14(18)11-12(15)2/h4-11,16,19H,3H2,1-2H3. The van der Waals surface area contributed by atoms with E-state index >= 15 is 0 Å².